The quantitative estimate of drug-likeness (QED) is 0.176. The zero-order chi connectivity index (χ0) is 38.0. The number of benzene rings is 1. The van der Waals surface area contributed by atoms with Gasteiger partial charge in [0.25, 0.3) is 5.91 Å². The van der Waals surface area contributed by atoms with Crippen LogP contribution in [0.15, 0.2) is 40.8 Å². The Bertz CT molecular complexity index is 1670. The molecule has 1 saturated heterocycles. The van der Waals surface area contributed by atoms with E-state index in [-0.39, 0.29) is 42.3 Å². The number of Topliss-reactive ketones (excluding diaryl/α,β-unsaturated/α-hetero) is 1. The number of allylic oxidation sites excluding steroid dienone is 1. The van der Waals surface area contributed by atoms with Gasteiger partial charge in [-0.25, -0.2) is 13.2 Å². The highest BCUT2D eigenvalue weighted by Crippen LogP contribution is 2.36. The smallest absolute Gasteiger partial charge is 0.315 e. The number of primary amides is 1. The summed E-state index contributed by atoms with van der Waals surface area (Å²) in [6.45, 7) is 9.89. The molecule has 286 valence electrons. The summed E-state index contributed by atoms with van der Waals surface area (Å²) in [7, 11) is -3.73. The van der Waals surface area contributed by atoms with Crippen LogP contribution in [0.5, 0.6) is 0 Å². The molecule has 0 spiro atoms. The molecule has 0 aromatic heterocycles. The van der Waals surface area contributed by atoms with Gasteiger partial charge in [0.15, 0.2) is 0 Å². The fourth-order valence-electron chi connectivity index (χ4n) is 8.04. The number of likely N-dealkylation sites (tertiary alicyclic amines) is 1. The highest BCUT2D eigenvalue weighted by atomic mass is 32.2. The van der Waals surface area contributed by atoms with Crippen LogP contribution in [-0.2, 0) is 35.7 Å². The second kappa shape index (κ2) is 16.1. The Hall–Kier alpha value is -3.78. The molecular formula is C38H56N6O7S. The van der Waals surface area contributed by atoms with E-state index in [4.69, 9.17) is 5.73 Å². The first kappa shape index (κ1) is 39.4. The lowest BCUT2D eigenvalue weighted by Gasteiger charge is -2.37. The van der Waals surface area contributed by atoms with Crippen molar-refractivity contribution in [1.29, 1.82) is 0 Å². The summed E-state index contributed by atoms with van der Waals surface area (Å²) < 4.78 is 28.4. The highest BCUT2D eigenvalue weighted by Gasteiger charge is 2.47. The summed E-state index contributed by atoms with van der Waals surface area (Å²) in [5.74, 6) is -3.04. The number of rotatable bonds is 13. The molecule has 3 fully saturated rings. The molecule has 2 saturated carbocycles. The average Bonchev–Trinajstić information content (AvgIpc) is 3.74. The molecule has 1 aromatic carbocycles. The molecule has 2 unspecified atom stereocenters. The van der Waals surface area contributed by atoms with Gasteiger partial charge in [0.1, 0.15) is 12.1 Å². The Labute approximate surface area is 307 Å². The number of ketones is 1. The third-order valence-corrected chi connectivity index (χ3v) is 12.9. The van der Waals surface area contributed by atoms with Crippen LogP contribution in [0.1, 0.15) is 98.0 Å². The van der Waals surface area contributed by atoms with Crippen LogP contribution in [0, 0.1) is 23.2 Å². The van der Waals surface area contributed by atoms with Crippen molar-refractivity contribution in [2.24, 2.45) is 28.9 Å². The second-order valence-electron chi connectivity index (χ2n) is 16.5. The Morgan fingerprint density at radius 1 is 0.942 bits per heavy atom. The molecule has 13 nitrogen and oxygen atoms in total. The molecular weight excluding hydrogens is 685 g/mol. The van der Waals surface area contributed by atoms with Gasteiger partial charge in [-0.05, 0) is 68.4 Å². The SMILES string of the molecule is CC(C)=CC1CCN(C(=O)[C@@H](NC(=O)N[C@H](CN2Cc3ccccc3S2(=O)=O)C2CCCCC2)C(C)(C)C)[C@@H]1C(=O)NC(CC1CC1)C(=O)C(N)=O. The summed E-state index contributed by atoms with van der Waals surface area (Å²) >= 11 is 0. The highest BCUT2D eigenvalue weighted by molar-refractivity contribution is 7.89. The van der Waals surface area contributed by atoms with E-state index >= 15 is 0 Å². The van der Waals surface area contributed by atoms with Crippen molar-refractivity contribution in [3.63, 3.8) is 0 Å². The molecule has 0 bridgehead atoms. The minimum atomic E-state index is -3.73. The molecule has 52 heavy (non-hydrogen) atoms. The maximum absolute atomic E-state index is 14.5. The number of nitrogens with zero attached hydrogens (tertiary/aromatic N) is 2. The van der Waals surface area contributed by atoms with Crippen molar-refractivity contribution in [3.8, 4) is 0 Å². The summed E-state index contributed by atoms with van der Waals surface area (Å²) in [4.78, 5) is 68.8. The lowest BCUT2D eigenvalue weighted by atomic mass is 9.83. The topological polar surface area (TPSA) is 188 Å². The van der Waals surface area contributed by atoms with Gasteiger partial charge in [-0.15, -0.1) is 0 Å². The number of fused-ring (bicyclic) bond motifs is 1. The van der Waals surface area contributed by atoms with Crippen molar-refractivity contribution >= 4 is 39.6 Å². The zero-order valence-electron chi connectivity index (χ0n) is 31.2. The van der Waals surface area contributed by atoms with Crippen LogP contribution < -0.4 is 21.7 Å². The van der Waals surface area contributed by atoms with Gasteiger partial charge in [0.05, 0.1) is 10.9 Å². The van der Waals surface area contributed by atoms with Crippen LogP contribution in [0.25, 0.3) is 0 Å². The average molecular weight is 741 g/mol. The van der Waals surface area contributed by atoms with Crippen molar-refractivity contribution in [2.45, 2.75) is 128 Å². The third kappa shape index (κ3) is 9.22. The van der Waals surface area contributed by atoms with Crippen molar-refractivity contribution in [2.75, 3.05) is 13.1 Å². The Morgan fingerprint density at radius 3 is 2.21 bits per heavy atom. The minimum absolute atomic E-state index is 0.0605. The molecule has 2 heterocycles. The van der Waals surface area contributed by atoms with Crippen LogP contribution in [0.4, 0.5) is 4.79 Å². The van der Waals surface area contributed by atoms with Gasteiger partial charge in [0.2, 0.25) is 27.6 Å². The summed E-state index contributed by atoms with van der Waals surface area (Å²) in [5.41, 5.74) is 6.24. The van der Waals surface area contributed by atoms with E-state index in [0.29, 0.717) is 12.8 Å². The largest absolute Gasteiger partial charge is 0.363 e. The number of sulfonamides is 1. The first-order valence-electron chi connectivity index (χ1n) is 18.7. The fraction of sp³-hybridized carbons (Fsp3) is 0.658. The Morgan fingerprint density at radius 2 is 1.62 bits per heavy atom. The van der Waals surface area contributed by atoms with Crippen LogP contribution in [0.2, 0.25) is 0 Å². The number of nitrogens with one attached hydrogen (secondary N) is 3. The van der Waals surface area contributed by atoms with Crippen LogP contribution in [0.3, 0.4) is 0 Å². The molecule has 4 aliphatic rings. The molecule has 2 aliphatic heterocycles. The molecule has 1 aromatic rings. The van der Waals surface area contributed by atoms with Gasteiger partial charge in [-0.1, -0.05) is 82.7 Å². The van der Waals surface area contributed by atoms with Crippen molar-refractivity contribution in [1.82, 2.24) is 25.2 Å². The maximum Gasteiger partial charge on any atom is 0.315 e. The predicted molar refractivity (Wildman–Crippen MR) is 196 cm³/mol. The van der Waals surface area contributed by atoms with Gasteiger partial charge in [-0.3, -0.25) is 19.2 Å². The van der Waals surface area contributed by atoms with Gasteiger partial charge in [0, 0.05) is 31.6 Å². The normalized spacial score (nSPS) is 23.5. The molecule has 2 aliphatic carbocycles. The monoisotopic (exact) mass is 740 g/mol. The number of amides is 5. The molecule has 5 atom stereocenters. The zero-order valence-corrected chi connectivity index (χ0v) is 32.0. The van der Waals surface area contributed by atoms with Gasteiger partial charge < -0.3 is 26.6 Å². The lowest BCUT2D eigenvalue weighted by molar-refractivity contribution is -0.144. The van der Waals surface area contributed by atoms with Crippen LogP contribution >= 0.6 is 0 Å². The van der Waals surface area contributed by atoms with Crippen molar-refractivity contribution < 1.29 is 32.4 Å². The molecule has 0 radical (unpaired) electrons. The van der Waals surface area contributed by atoms with E-state index in [1.165, 1.54) is 9.21 Å². The standard InChI is InChI=1S/C38H56N6O7S/c1-23(2)19-26-17-18-44(31(26)35(47)40-28(20-24-15-16-24)32(45)34(39)46)36(48)33(38(3,4)5)42-37(49)41-29(25-11-7-6-8-12-25)22-43-21-27-13-9-10-14-30(27)52(43,50)51/h9-10,13-14,19,24-26,28-29,31,33H,6-8,11-12,15-18,20-22H2,1-5H3,(H2,39,46)(H,40,47)(H2,41,42,49)/t26?,28?,29-,31+,33-/m1/s1. The third-order valence-electron chi connectivity index (χ3n) is 10.9. The van der Waals surface area contributed by atoms with E-state index in [1.54, 1.807) is 18.2 Å². The van der Waals surface area contributed by atoms with Gasteiger partial charge in [-0.2, -0.15) is 4.31 Å². The first-order valence-corrected chi connectivity index (χ1v) is 20.2. The summed E-state index contributed by atoms with van der Waals surface area (Å²) in [5, 5.41) is 8.75. The second-order valence-corrected chi connectivity index (χ2v) is 18.4. The van der Waals surface area contributed by atoms with Crippen molar-refractivity contribution in [3.05, 3.63) is 41.5 Å². The molecule has 5 amide bonds. The first-order chi connectivity index (χ1) is 24.5. The number of carbonyl (C=O) groups is 5. The summed E-state index contributed by atoms with van der Waals surface area (Å²) in [6, 6.07) is 2.76. The Kier molecular flexibility index (Phi) is 12.2. The lowest BCUT2D eigenvalue weighted by Crippen LogP contribution is -2.62. The summed E-state index contributed by atoms with van der Waals surface area (Å²) in [6.07, 6.45) is 9.29. The fourth-order valence-corrected chi connectivity index (χ4v) is 9.69. The molecule has 5 rings (SSSR count). The van der Waals surface area contributed by atoms with E-state index in [0.717, 1.165) is 56.1 Å². The van der Waals surface area contributed by atoms with E-state index < -0.39 is 69.1 Å². The molecule has 14 heteroatoms. The Balaban J connectivity index is 1.35. The predicted octanol–water partition coefficient (Wildman–Crippen LogP) is 3.38. The maximum atomic E-state index is 14.5. The van der Waals surface area contributed by atoms with Crippen LogP contribution in [-0.4, -0.2) is 84.4 Å². The number of carbonyl (C=O) groups excluding carboxylic acids is 5. The minimum Gasteiger partial charge on any atom is -0.363 e. The number of hydrogen-bond acceptors (Lipinski definition) is 7. The number of nitrogens with two attached hydrogens (primary N) is 1. The number of urea groups is 1. The van der Waals surface area contributed by atoms with E-state index in [1.807, 2.05) is 46.8 Å². The van der Waals surface area contributed by atoms with Gasteiger partial charge >= 0.3 is 6.03 Å². The molecule has 5 N–H and O–H groups in total. The van der Waals surface area contributed by atoms with E-state index in [9.17, 15) is 32.4 Å². The van der Waals surface area contributed by atoms with E-state index in [2.05, 4.69) is 16.0 Å². The number of hydrogen-bond donors (Lipinski definition) is 4.